The Labute approximate surface area is 198 Å². The number of likely N-dealkylation sites (N-methyl/N-ethyl adjacent to an activating group) is 2. The number of amides is 2. The minimum Gasteiger partial charge on any atom is -0.454 e. The van der Waals surface area contributed by atoms with Gasteiger partial charge in [0.25, 0.3) is 0 Å². The molecule has 1 aliphatic rings. The van der Waals surface area contributed by atoms with Crippen LogP contribution in [0.1, 0.15) is 5.56 Å². The topological polar surface area (TPSA) is 79.9 Å². The summed E-state index contributed by atoms with van der Waals surface area (Å²) in [5.74, 6) is 1.39. The molecule has 7 nitrogen and oxygen atoms in total. The maximum atomic E-state index is 12.8. The first-order chi connectivity index (χ1) is 16.1. The fourth-order valence-corrected chi connectivity index (χ4v) is 3.68. The standard InChI is InChI=1S/C18H20N2O3.C7H7NOS/c1-19-15(10-13-6-4-3-5-7-13)18(21)20(2)14-8-9-16-17(11-14)23-12-22-16;9-6-8-10-7-4-2-1-3-5-7/h3-9,11,15,19H,10,12H2,1-2H3;1-6H,(H,8,9). The van der Waals surface area contributed by atoms with Gasteiger partial charge < -0.3 is 19.7 Å². The minimum atomic E-state index is -0.284. The largest absolute Gasteiger partial charge is 0.454 e. The van der Waals surface area contributed by atoms with E-state index in [9.17, 15) is 9.59 Å². The van der Waals surface area contributed by atoms with E-state index in [1.54, 1.807) is 19.0 Å². The average molecular weight is 466 g/mol. The number of hydrogen-bond donors (Lipinski definition) is 2. The lowest BCUT2D eigenvalue weighted by Crippen LogP contribution is -2.45. The first-order valence-electron chi connectivity index (χ1n) is 10.4. The van der Waals surface area contributed by atoms with Gasteiger partial charge in [-0.1, -0.05) is 48.5 Å². The molecule has 3 aromatic rings. The SMILES string of the molecule is CNC(Cc1ccccc1)C(=O)N(C)c1ccc2c(c1)OCO2.O=CNSc1ccccc1. The molecule has 0 aromatic heterocycles. The van der Waals surface area contributed by atoms with Crippen molar-refractivity contribution in [3.05, 3.63) is 84.4 Å². The van der Waals surface area contributed by atoms with Crippen LogP contribution in [0.2, 0.25) is 0 Å². The number of benzene rings is 3. The molecule has 0 spiro atoms. The van der Waals surface area contributed by atoms with E-state index in [4.69, 9.17) is 9.47 Å². The van der Waals surface area contributed by atoms with Crippen molar-refractivity contribution in [2.24, 2.45) is 0 Å². The number of nitrogens with zero attached hydrogens (tertiary/aromatic N) is 1. The van der Waals surface area contributed by atoms with Crippen molar-refractivity contribution in [3.63, 3.8) is 0 Å². The maximum absolute atomic E-state index is 12.8. The van der Waals surface area contributed by atoms with Gasteiger partial charge in [0.15, 0.2) is 11.5 Å². The summed E-state index contributed by atoms with van der Waals surface area (Å²) in [6.45, 7) is 0.226. The summed E-state index contributed by atoms with van der Waals surface area (Å²) in [5.41, 5.74) is 1.91. The molecule has 0 radical (unpaired) electrons. The Morgan fingerprint density at radius 1 is 1.03 bits per heavy atom. The van der Waals surface area contributed by atoms with E-state index in [1.807, 2.05) is 78.9 Å². The Hall–Kier alpha value is -3.49. The van der Waals surface area contributed by atoms with Crippen molar-refractivity contribution in [3.8, 4) is 11.5 Å². The summed E-state index contributed by atoms with van der Waals surface area (Å²) in [5, 5.41) is 3.11. The number of hydrogen-bond acceptors (Lipinski definition) is 6. The smallest absolute Gasteiger partial charge is 0.244 e. The zero-order valence-corrected chi connectivity index (χ0v) is 19.4. The van der Waals surface area contributed by atoms with Crippen LogP contribution in [0.3, 0.4) is 0 Å². The van der Waals surface area contributed by atoms with E-state index < -0.39 is 0 Å². The fourth-order valence-electron chi connectivity index (χ4n) is 3.20. The van der Waals surface area contributed by atoms with E-state index >= 15 is 0 Å². The molecule has 0 bridgehead atoms. The molecular formula is C25H27N3O4S. The number of nitrogens with one attached hydrogen (secondary N) is 2. The van der Waals surface area contributed by atoms with Gasteiger partial charge in [-0.3, -0.25) is 14.3 Å². The summed E-state index contributed by atoms with van der Waals surface area (Å²) in [7, 11) is 3.58. The van der Waals surface area contributed by atoms with Crippen molar-refractivity contribution in [1.29, 1.82) is 0 Å². The first kappa shape index (κ1) is 24.2. The number of carbonyl (C=O) groups is 2. The van der Waals surface area contributed by atoms with Crippen molar-refractivity contribution >= 4 is 30.0 Å². The van der Waals surface area contributed by atoms with Gasteiger partial charge in [0.2, 0.25) is 19.1 Å². The van der Waals surface area contributed by atoms with Gasteiger partial charge in [0, 0.05) is 23.7 Å². The highest BCUT2D eigenvalue weighted by molar-refractivity contribution is 7.97. The lowest BCUT2D eigenvalue weighted by Gasteiger charge is -2.24. The third-order valence-electron chi connectivity index (χ3n) is 4.97. The summed E-state index contributed by atoms with van der Waals surface area (Å²) in [6.07, 6.45) is 1.31. The quantitative estimate of drug-likeness (QED) is 0.391. The second kappa shape index (κ2) is 12.5. The van der Waals surface area contributed by atoms with E-state index in [1.165, 1.54) is 11.9 Å². The monoisotopic (exact) mass is 465 g/mol. The van der Waals surface area contributed by atoms with Crippen LogP contribution in [-0.4, -0.2) is 39.2 Å². The highest BCUT2D eigenvalue weighted by atomic mass is 32.2. The second-order valence-electron chi connectivity index (χ2n) is 7.12. The van der Waals surface area contributed by atoms with E-state index in [-0.39, 0.29) is 18.7 Å². The number of rotatable bonds is 8. The molecule has 4 rings (SSSR count). The van der Waals surface area contributed by atoms with Crippen LogP contribution in [0.15, 0.2) is 83.8 Å². The molecule has 1 atom stereocenters. The second-order valence-corrected chi connectivity index (χ2v) is 8.03. The summed E-state index contributed by atoms with van der Waals surface area (Å²) < 4.78 is 13.2. The molecule has 33 heavy (non-hydrogen) atoms. The predicted octanol–water partition coefficient (Wildman–Crippen LogP) is 3.65. The van der Waals surface area contributed by atoms with Gasteiger partial charge in [-0.25, -0.2) is 0 Å². The molecular weight excluding hydrogens is 438 g/mol. The molecule has 8 heteroatoms. The highest BCUT2D eigenvalue weighted by Gasteiger charge is 2.23. The molecule has 0 saturated heterocycles. The lowest BCUT2D eigenvalue weighted by molar-refractivity contribution is -0.120. The van der Waals surface area contributed by atoms with Gasteiger partial charge >= 0.3 is 0 Å². The van der Waals surface area contributed by atoms with Gasteiger partial charge in [-0.2, -0.15) is 0 Å². The third-order valence-corrected chi connectivity index (χ3v) is 5.69. The Kier molecular flexibility index (Phi) is 9.17. The first-order valence-corrected chi connectivity index (χ1v) is 11.2. The normalized spacial score (nSPS) is 12.2. The summed E-state index contributed by atoms with van der Waals surface area (Å²) >= 11 is 1.30. The highest BCUT2D eigenvalue weighted by Crippen LogP contribution is 2.35. The van der Waals surface area contributed by atoms with E-state index in [2.05, 4.69) is 10.0 Å². The molecule has 1 unspecified atom stereocenters. The number of fused-ring (bicyclic) bond motifs is 1. The van der Waals surface area contributed by atoms with Crippen LogP contribution in [0.4, 0.5) is 5.69 Å². The Morgan fingerprint density at radius 3 is 2.36 bits per heavy atom. The van der Waals surface area contributed by atoms with Crippen molar-refractivity contribution in [2.45, 2.75) is 17.4 Å². The summed E-state index contributed by atoms with van der Waals surface area (Å²) in [6, 6.07) is 24.9. The molecule has 0 fully saturated rings. The van der Waals surface area contributed by atoms with Crippen molar-refractivity contribution < 1.29 is 19.1 Å². The lowest BCUT2D eigenvalue weighted by atomic mass is 10.0. The van der Waals surface area contributed by atoms with Gasteiger partial charge in [0.1, 0.15) is 0 Å². The number of carbonyl (C=O) groups excluding carboxylic acids is 2. The van der Waals surface area contributed by atoms with Gasteiger partial charge in [-0.05, 0) is 55.2 Å². The average Bonchev–Trinajstić information content (AvgIpc) is 3.35. The number of ether oxygens (including phenoxy) is 2. The van der Waals surface area contributed by atoms with Crippen LogP contribution in [0.5, 0.6) is 11.5 Å². The zero-order valence-electron chi connectivity index (χ0n) is 18.6. The molecule has 2 amide bonds. The van der Waals surface area contributed by atoms with E-state index in [0.29, 0.717) is 24.3 Å². The summed E-state index contributed by atoms with van der Waals surface area (Å²) in [4.78, 5) is 25.3. The Bertz CT molecular complexity index is 1030. The van der Waals surface area contributed by atoms with Crippen LogP contribution in [0.25, 0.3) is 0 Å². The molecule has 2 N–H and O–H groups in total. The van der Waals surface area contributed by atoms with Crippen LogP contribution >= 0.6 is 11.9 Å². The minimum absolute atomic E-state index is 0.00946. The predicted molar refractivity (Wildman–Crippen MR) is 130 cm³/mol. The third kappa shape index (κ3) is 7.00. The maximum Gasteiger partial charge on any atom is 0.244 e. The number of anilines is 1. The zero-order chi connectivity index (χ0) is 23.5. The van der Waals surface area contributed by atoms with Gasteiger partial charge in [-0.15, -0.1) is 0 Å². The molecule has 172 valence electrons. The molecule has 1 heterocycles. The van der Waals surface area contributed by atoms with Crippen molar-refractivity contribution in [1.82, 2.24) is 10.0 Å². The van der Waals surface area contributed by atoms with Crippen LogP contribution < -0.4 is 24.4 Å². The molecule has 0 saturated carbocycles. The Balaban J connectivity index is 0.000000257. The molecule has 1 aliphatic heterocycles. The Morgan fingerprint density at radius 2 is 1.70 bits per heavy atom. The fraction of sp³-hybridized carbons (Fsp3) is 0.200. The van der Waals surface area contributed by atoms with Crippen LogP contribution in [-0.2, 0) is 16.0 Å². The van der Waals surface area contributed by atoms with Crippen molar-refractivity contribution in [2.75, 3.05) is 25.8 Å². The van der Waals surface area contributed by atoms with Crippen LogP contribution in [0, 0.1) is 0 Å². The molecule has 3 aromatic carbocycles. The van der Waals surface area contributed by atoms with Gasteiger partial charge in [0.05, 0.1) is 6.04 Å². The van der Waals surface area contributed by atoms with E-state index in [0.717, 1.165) is 16.1 Å². The molecule has 0 aliphatic carbocycles.